The summed E-state index contributed by atoms with van der Waals surface area (Å²) in [4.78, 5) is 13.4. The van der Waals surface area contributed by atoms with Gasteiger partial charge in [0, 0.05) is 29.3 Å². The van der Waals surface area contributed by atoms with Gasteiger partial charge in [0.25, 0.3) is 5.91 Å². The highest BCUT2D eigenvalue weighted by Gasteiger charge is 2.36. The minimum atomic E-state index is -4.61. The molecule has 0 saturated heterocycles. The van der Waals surface area contributed by atoms with Crippen LogP contribution in [0.5, 0.6) is 0 Å². The monoisotopic (exact) mass is 391 g/mol. The second-order valence-electron chi connectivity index (χ2n) is 3.86. The van der Waals surface area contributed by atoms with Crippen molar-refractivity contribution in [1.29, 1.82) is 0 Å². The van der Waals surface area contributed by atoms with Gasteiger partial charge in [-0.15, -0.1) is 23.2 Å². The lowest BCUT2D eigenvalue weighted by atomic mass is 10.1. The van der Waals surface area contributed by atoms with Crippen LogP contribution in [-0.4, -0.2) is 35.7 Å². The summed E-state index contributed by atoms with van der Waals surface area (Å²) in [5, 5.41) is 0. The van der Waals surface area contributed by atoms with Crippen molar-refractivity contribution in [2.45, 2.75) is 6.18 Å². The van der Waals surface area contributed by atoms with Crippen molar-refractivity contribution in [2.24, 2.45) is 0 Å². The topological polar surface area (TPSA) is 20.3 Å². The fourth-order valence-corrected chi connectivity index (χ4v) is 2.40. The van der Waals surface area contributed by atoms with Gasteiger partial charge >= 0.3 is 6.18 Å². The van der Waals surface area contributed by atoms with Crippen LogP contribution in [0.4, 0.5) is 13.2 Å². The Kier molecular flexibility index (Phi) is 6.61. The Bertz CT molecular complexity index is 476. The van der Waals surface area contributed by atoms with Crippen molar-refractivity contribution in [3.63, 3.8) is 0 Å². The maximum absolute atomic E-state index is 13.0. The molecule has 0 aromatic heterocycles. The van der Waals surface area contributed by atoms with Crippen molar-refractivity contribution in [3.05, 3.63) is 33.8 Å². The molecule has 0 heterocycles. The van der Waals surface area contributed by atoms with Crippen molar-refractivity contribution in [2.75, 3.05) is 24.8 Å². The summed E-state index contributed by atoms with van der Waals surface area (Å²) in [6.07, 6.45) is -4.61. The first kappa shape index (κ1) is 17.6. The normalized spacial score (nSPS) is 11.5. The van der Waals surface area contributed by atoms with Crippen LogP contribution in [0.2, 0.25) is 0 Å². The van der Waals surface area contributed by atoms with Gasteiger partial charge in [-0.1, -0.05) is 15.9 Å². The number of amides is 1. The molecule has 0 radical (unpaired) electrons. The van der Waals surface area contributed by atoms with Gasteiger partial charge in [0.2, 0.25) is 0 Å². The van der Waals surface area contributed by atoms with Crippen molar-refractivity contribution in [3.8, 4) is 0 Å². The van der Waals surface area contributed by atoms with E-state index in [1.54, 1.807) is 0 Å². The Morgan fingerprint density at radius 1 is 1.20 bits per heavy atom. The summed E-state index contributed by atoms with van der Waals surface area (Å²) in [6.45, 7) is 0.279. The molecule has 0 saturated carbocycles. The van der Waals surface area contributed by atoms with Crippen molar-refractivity contribution in [1.82, 2.24) is 4.90 Å². The van der Waals surface area contributed by atoms with Crippen LogP contribution in [0.15, 0.2) is 22.7 Å². The van der Waals surface area contributed by atoms with Gasteiger partial charge in [0.1, 0.15) is 0 Å². The Balaban J connectivity index is 3.20. The summed E-state index contributed by atoms with van der Waals surface area (Å²) in [5.41, 5.74) is -1.39. The lowest BCUT2D eigenvalue weighted by Crippen LogP contribution is -2.35. The van der Waals surface area contributed by atoms with E-state index < -0.39 is 23.2 Å². The fraction of sp³-hybridized carbons (Fsp3) is 0.417. The third-order valence-corrected chi connectivity index (χ3v) is 3.34. The highest BCUT2D eigenvalue weighted by atomic mass is 79.9. The lowest BCUT2D eigenvalue weighted by molar-refractivity contribution is -0.138. The van der Waals surface area contributed by atoms with Gasteiger partial charge in [-0.3, -0.25) is 4.79 Å². The van der Waals surface area contributed by atoms with E-state index in [9.17, 15) is 18.0 Å². The minimum Gasteiger partial charge on any atom is -0.336 e. The third kappa shape index (κ3) is 4.53. The zero-order chi connectivity index (χ0) is 15.3. The summed E-state index contributed by atoms with van der Waals surface area (Å²) in [7, 11) is 0. The first-order valence-corrected chi connectivity index (χ1v) is 7.45. The van der Waals surface area contributed by atoms with Gasteiger partial charge in [-0.05, 0) is 18.2 Å². The molecule has 0 aliphatic rings. The molecule has 0 atom stereocenters. The summed E-state index contributed by atoms with van der Waals surface area (Å²) >= 11 is 14.1. The molecule has 0 aliphatic carbocycles. The minimum absolute atomic E-state index is 0.126. The van der Waals surface area contributed by atoms with Gasteiger partial charge in [0.15, 0.2) is 0 Å². The Labute approximate surface area is 133 Å². The second kappa shape index (κ2) is 7.52. The van der Waals surface area contributed by atoms with Crippen molar-refractivity contribution >= 4 is 45.0 Å². The fourth-order valence-electron chi connectivity index (χ4n) is 1.63. The molecule has 1 aromatic rings. The number of halogens is 6. The molecule has 1 rings (SSSR count). The molecule has 0 bridgehead atoms. The zero-order valence-corrected chi connectivity index (χ0v) is 13.3. The Morgan fingerprint density at radius 3 is 2.20 bits per heavy atom. The number of nitrogens with zero attached hydrogens (tertiary/aromatic N) is 1. The summed E-state index contributed by atoms with van der Waals surface area (Å²) in [5.74, 6) is -0.479. The first-order valence-electron chi connectivity index (χ1n) is 5.59. The van der Waals surface area contributed by atoms with E-state index in [2.05, 4.69) is 15.9 Å². The number of alkyl halides is 5. The van der Waals surface area contributed by atoms with Gasteiger partial charge in [-0.2, -0.15) is 13.2 Å². The largest absolute Gasteiger partial charge is 0.417 e. The predicted molar refractivity (Wildman–Crippen MR) is 76.5 cm³/mol. The molecule has 1 amide bonds. The number of carbonyl (C=O) groups is 1. The van der Waals surface area contributed by atoms with Crippen LogP contribution >= 0.6 is 39.1 Å². The number of benzene rings is 1. The molecule has 0 spiro atoms. The number of hydrogen-bond donors (Lipinski definition) is 0. The van der Waals surface area contributed by atoms with E-state index in [-0.39, 0.29) is 29.3 Å². The van der Waals surface area contributed by atoms with Crippen LogP contribution in [-0.2, 0) is 6.18 Å². The van der Waals surface area contributed by atoms with Gasteiger partial charge in [-0.25, -0.2) is 0 Å². The molecule has 20 heavy (non-hydrogen) atoms. The maximum Gasteiger partial charge on any atom is 0.417 e. The second-order valence-corrected chi connectivity index (χ2v) is 5.53. The number of rotatable bonds is 5. The van der Waals surface area contributed by atoms with E-state index >= 15 is 0 Å². The SMILES string of the molecule is O=C(c1ccc(Br)cc1C(F)(F)F)N(CCCl)CCCl. The average molecular weight is 393 g/mol. The molecule has 112 valence electrons. The summed E-state index contributed by atoms with van der Waals surface area (Å²) < 4.78 is 39.2. The number of hydrogen-bond acceptors (Lipinski definition) is 1. The molecule has 0 aliphatic heterocycles. The highest BCUT2D eigenvalue weighted by molar-refractivity contribution is 9.10. The maximum atomic E-state index is 13.0. The molecule has 0 N–H and O–H groups in total. The van der Waals surface area contributed by atoms with Crippen LogP contribution in [0.25, 0.3) is 0 Å². The van der Waals surface area contributed by atoms with Crippen LogP contribution in [0.3, 0.4) is 0 Å². The van der Waals surface area contributed by atoms with E-state index in [4.69, 9.17) is 23.2 Å². The first-order chi connectivity index (χ1) is 9.31. The molecular formula is C12H11BrCl2F3NO. The average Bonchev–Trinajstić information content (AvgIpc) is 2.36. The Hall–Kier alpha value is -0.460. The number of carbonyl (C=O) groups excluding carboxylic acids is 1. The predicted octanol–water partition coefficient (Wildman–Crippen LogP) is 4.39. The van der Waals surface area contributed by atoms with Crippen molar-refractivity contribution < 1.29 is 18.0 Å². The summed E-state index contributed by atoms with van der Waals surface area (Å²) in [6, 6.07) is 3.42. The van der Waals surface area contributed by atoms with Crippen LogP contribution in [0.1, 0.15) is 15.9 Å². The standard InChI is InChI=1S/C12H11BrCl2F3NO/c13-8-1-2-9(10(7-8)12(16,17)18)11(20)19(5-3-14)6-4-15/h1-2,7H,3-6H2. The van der Waals surface area contributed by atoms with Gasteiger partial charge in [0.05, 0.1) is 11.1 Å². The quantitative estimate of drug-likeness (QED) is 0.680. The Morgan fingerprint density at radius 2 is 1.75 bits per heavy atom. The smallest absolute Gasteiger partial charge is 0.336 e. The van der Waals surface area contributed by atoms with E-state index in [0.29, 0.717) is 0 Å². The molecule has 8 heteroatoms. The molecule has 2 nitrogen and oxygen atoms in total. The highest BCUT2D eigenvalue weighted by Crippen LogP contribution is 2.34. The molecule has 0 fully saturated rings. The van der Waals surface area contributed by atoms with E-state index in [1.807, 2.05) is 0 Å². The van der Waals surface area contributed by atoms with Crippen LogP contribution < -0.4 is 0 Å². The molecule has 1 aromatic carbocycles. The third-order valence-electron chi connectivity index (χ3n) is 2.51. The lowest BCUT2D eigenvalue weighted by Gasteiger charge is -2.22. The van der Waals surface area contributed by atoms with Crippen LogP contribution in [0, 0.1) is 0 Å². The van der Waals surface area contributed by atoms with E-state index in [1.165, 1.54) is 11.0 Å². The zero-order valence-electron chi connectivity index (χ0n) is 10.2. The molecular weight excluding hydrogens is 382 g/mol. The van der Waals surface area contributed by atoms with E-state index in [0.717, 1.165) is 12.1 Å². The van der Waals surface area contributed by atoms with Gasteiger partial charge < -0.3 is 4.90 Å². The molecule has 0 unspecified atom stereocenters.